The highest BCUT2D eigenvalue weighted by molar-refractivity contribution is 5.44. The van der Waals surface area contributed by atoms with Gasteiger partial charge in [0.15, 0.2) is 17.8 Å². The van der Waals surface area contributed by atoms with Crippen molar-refractivity contribution in [3.05, 3.63) is 59.7 Å². The van der Waals surface area contributed by atoms with Crippen LogP contribution < -0.4 is 9.47 Å². The van der Waals surface area contributed by atoms with E-state index in [0.29, 0.717) is 18.1 Å². The highest BCUT2D eigenvalue weighted by Gasteiger charge is 2.44. The van der Waals surface area contributed by atoms with Gasteiger partial charge in [-0.3, -0.25) is 0 Å². The number of methoxy groups -OCH3 is 2. The summed E-state index contributed by atoms with van der Waals surface area (Å²) < 4.78 is 22.6. The molecule has 0 aliphatic carbocycles. The molecule has 0 amide bonds. The fourth-order valence-electron chi connectivity index (χ4n) is 3.50. The second kappa shape index (κ2) is 9.19. The minimum Gasteiger partial charge on any atom is -0.493 e. The maximum atomic E-state index is 9.80. The maximum Gasteiger partial charge on any atom is 0.163 e. The molecule has 1 saturated heterocycles. The molecule has 0 spiro atoms. The molecule has 1 fully saturated rings. The third-order valence-electron chi connectivity index (χ3n) is 4.98. The zero-order chi connectivity index (χ0) is 19.2. The van der Waals surface area contributed by atoms with E-state index in [-0.39, 0.29) is 25.0 Å². The molecule has 0 bridgehead atoms. The molecule has 3 rings (SSSR count). The van der Waals surface area contributed by atoms with Gasteiger partial charge in [-0.25, -0.2) is 0 Å². The molecule has 146 valence electrons. The number of rotatable bonds is 8. The number of hydrogen-bond donors (Lipinski definition) is 2. The van der Waals surface area contributed by atoms with Gasteiger partial charge < -0.3 is 29.2 Å². The van der Waals surface area contributed by atoms with E-state index in [9.17, 15) is 10.2 Å². The second-order valence-electron chi connectivity index (χ2n) is 6.54. The van der Waals surface area contributed by atoms with Gasteiger partial charge >= 0.3 is 0 Å². The van der Waals surface area contributed by atoms with Crippen molar-refractivity contribution >= 4 is 0 Å². The Morgan fingerprint density at radius 2 is 1.67 bits per heavy atom. The molecular weight excluding hydrogens is 348 g/mol. The van der Waals surface area contributed by atoms with Crippen LogP contribution in [0.1, 0.15) is 17.2 Å². The van der Waals surface area contributed by atoms with E-state index in [1.165, 1.54) is 7.11 Å². The van der Waals surface area contributed by atoms with E-state index in [1.54, 1.807) is 7.11 Å². The molecule has 2 aromatic carbocycles. The lowest BCUT2D eigenvalue weighted by Crippen LogP contribution is -2.27. The summed E-state index contributed by atoms with van der Waals surface area (Å²) >= 11 is 0. The van der Waals surface area contributed by atoms with Crippen molar-refractivity contribution in [1.29, 1.82) is 0 Å². The molecule has 2 N–H and O–H groups in total. The first kappa shape index (κ1) is 19.6. The molecule has 27 heavy (non-hydrogen) atoms. The maximum absolute atomic E-state index is 9.80. The van der Waals surface area contributed by atoms with Crippen LogP contribution in [0.4, 0.5) is 0 Å². The van der Waals surface area contributed by atoms with Crippen molar-refractivity contribution in [2.75, 3.05) is 27.4 Å². The van der Waals surface area contributed by atoms with Crippen molar-refractivity contribution in [1.82, 2.24) is 0 Å². The van der Waals surface area contributed by atoms with Gasteiger partial charge in [-0.2, -0.15) is 0 Å². The smallest absolute Gasteiger partial charge is 0.163 e. The van der Waals surface area contributed by atoms with Crippen LogP contribution in [0, 0.1) is 11.8 Å². The Labute approximate surface area is 159 Å². The first-order valence-corrected chi connectivity index (χ1v) is 8.96. The fraction of sp³-hybridized carbons (Fsp3) is 0.429. The van der Waals surface area contributed by atoms with Gasteiger partial charge in [0.05, 0.1) is 19.8 Å². The zero-order valence-electron chi connectivity index (χ0n) is 15.6. The Hall–Kier alpha value is -2.12. The van der Waals surface area contributed by atoms with Crippen molar-refractivity contribution in [2.24, 2.45) is 11.8 Å². The monoisotopic (exact) mass is 374 g/mol. The summed E-state index contributed by atoms with van der Waals surface area (Å²) in [5.41, 5.74) is 1.91. The van der Waals surface area contributed by atoms with E-state index < -0.39 is 12.4 Å². The Morgan fingerprint density at radius 1 is 0.926 bits per heavy atom. The number of hydrogen-bond acceptors (Lipinski definition) is 6. The van der Waals surface area contributed by atoms with Crippen molar-refractivity contribution < 1.29 is 29.2 Å². The lowest BCUT2D eigenvalue weighted by atomic mass is 9.88. The normalized spacial score (nSPS) is 24.7. The lowest BCUT2D eigenvalue weighted by molar-refractivity contribution is -0.137. The van der Waals surface area contributed by atoms with Crippen LogP contribution in [0.5, 0.6) is 11.5 Å². The molecule has 2 aromatic rings. The topological polar surface area (TPSA) is 77.4 Å². The van der Waals surface area contributed by atoms with E-state index in [0.717, 1.165) is 11.1 Å². The molecule has 1 heterocycles. The van der Waals surface area contributed by atoms with Crippen LogP contribution in [-0.4, -0.2) is 43.9 Å². The summed E-state index contributed by atoms with van der Waals surface area (Å²) in [4.78, 5) is 0. The van der Waals surface area contributed by atoms with Crippen LogP contribution in [0.25, 0.3) is 0 Å². The third-order valence-corrected chi connectivity index (χ3v) is 4.98. The Balaban J connectivity index is 1.79. The molecule has 4 atom stereocenters. The summed E-state index contributed by atoms with van der Waals surface area (Å²) in [6.07, 6.45) is -0.952. The molecule has 1 aliphatic heterocycles. The second-order valence-corrected chi connectivity index (χ2v) is 6.54. The molecule has 0 saturated carbocycles. The summed E-state index contributed by atoms with van der Waals surface area (Å²) in [6, 6.07) is 15.5. The average molecular weight is 374 g/mol. The summed E-state index contributed by atoms with van der Waals surface area (Å²) in [6.45, 7) is 0.216. The van der Waals surface area contributed by atoms with Crippen molar-refractivity contribution in [2.45, 2.75) is 19.0 Å². The van der Waals surface area contributed by atoms with E-state index >= 15 is 0 Å². The standard InChI is InChI=1S/C21H26O6/c1-24-19-10-15(20-16(11-22)17(12-23)21(25-2)27-20)8-9-18(19)26-13-14-6-4-3-5-7-14/h3-10,16-17,20-23H,11-13H2,1-2H3/t16-,17+,20+,21-/m1/s1. The molecule has 6 nitrogen and oxygen atoms in total. The molecule has 0 unspecified atom stereocenters. The number of aliphatic hydroxyl groups is 2. The molecule has 1 aliphatic rings. The van der Waals surface area contributed by atoms with E-state index in [4.69, 9.17) is 18.9 Å². The van der Waals surface area contributed by atoms with Crippen LogP contribution in [0.3, 0.4) is 0 Å². The fourth-order valence-corrected chi connectivity index (χ4v) is 3.50. The predicted molar refractivity (Wildman–Crippen MR) is 99.5 cm³/mol. The van der Waals surface area contributed by atoms with Crippen LogP contribution in [-0.2, 0) is 16.1 Å². The van der Waals surface area contributed by atoms with Gasteiger partial charge in [-0.1, -0.05) is 36.4 Å². The van der Waals surface area contributed by atoms with Gasteiger partial charge in [-0.15, -0.1) is 0 Å². The van der Waals surface area contributed by atoms with E-state index in [1.807, 2.05) is 48.5 Å². The zero-order valence-corrected chi connectivity index (χ0v) is 15.6. The Kier molecular flexibility index (Phi) is 6.68. The van der Waals surface area contributed by atoms with Crippen molar-refractivity contribution in [3.63, 3.8) is 0 Å². The summed E-state index contributed by atoms with van der Waals surface area (Å²) in [7, 11) is 3.12. The summed E-state index contributed by atoms with van der Waals surface area (Å²) in [5, 5.41) is 19.4. The Morgan fingerprint density at radius 3 is 2.30 bits per heavy atom. The van der Waals surface area contributed by atoms with Crippen LogP contribution >= 0.6 is 0 Å². The number of aliphatic hydroxyl groups excluding tert-OH is 2. The van der Waals surface area contributed by atoms with Crippen LogP contribution in [0.15, 0.2) is 48.5 Å². The summed E-state index contributed by atoms with van der Waals surface area (Å²) in [5.74, 6) is 0.668. The first-order valence-electron chi connectivity index (χ1n) is 8.96. The average Bonchev–Trinajstić information content (AvgIpc) is 3.10. The van der Waals surface area contributed by atoms with Gasteiger partial charge in [0.25, 0.3) is 0 Å². The first-order chi connectivity index (χ1) is 13.2. The minimum atomic E-state index is -0.558. The molecule has 0 radical (unpaired) electrons. The van der Waals surface area contributed by atoms with Gasteiger partial charge in [0, 0.05) is 25.6 Å². The largest absolute Gasteiger partial charge is 0.493 e. The molecular formula is C21H26O6. The van der Waals surface area contributed by atoms with E-state index in [2.05, 4.69) is 0 Å². The SMILES string of the molecule is COc1cc([C@@H]2O[C@@H](OC)[C@@H](CO)[C@H]2CO)ccc1OCc1ccccc1. The quantitative estimate of drug-likeness (QED) is 0.739. The van der Waals surface area contributed by atoms with Gasteiger partial charge in [-0.05, 0) is 23.3 Å². The van der Waals surface area contributed by atoms with Crippen LogP contribution in [0.2, 0.25) is 0 Å². The number of ether oxygens (including phenoxy) is 4. The predicted octanol–water partition coefficient (Wildman–Crippen LogP) is 2.54. The third kappa shape index (κ3) is 4.25. The highest BCUT2D eigenvalue weighted by atomic mass is 16.7. The van der Waals surface area contributed by atoms with Crippen molar-refractivity contribution in [3.8, 4) is 11.5 Å². The lowest BCUT2D eigenvalue weighted by Gasteiger charge is -2.20. The van der Waals surface area contributed by atoms with Gasteiger partial charge in [0.1, 0.15) is 6.61 Å². The van der Waals surface area contributed by atoms with Gasteiger partial charge in [0.2, 0.25) is 0 Å². The molecule has 6 heteroatoms. The highest BCUT2D eigenvalue weighted by Crippen LogP contribution is 2.44. The minimum absolute atomic E-state index is 0.107. The Bertz CT molecular complexity index is 720. The molecule has 0 aromatic heterocycles. The number of benzene rings is 2.